The van der Waals surface area contributed by atoms with Gasteiger partial charge < -0.3 is 4.74 Å². The van der Waals surface area contributed by atoms with E-state index in [0.29, 0.717) is 15.7 Å². The van der Waals surface area contributed by atoms with Gasteiger partial charge in [-0.3, -0.25) is 9.20 Å². The van der Waals surface area contributed by atoms with Crippen molar-refractivity contribution in [2.45, 2.75) is 13.5 Å². The van der Waals surface area contributed by atoms with Crippen molar-refractivity contribution in [1.29, 1.82) is 0 Å². The summed E-state index contributed by atoms with van der Waals surface area (Å²) in [7, 11) is 0. The van der Waals surface area contributed by atoms with Crippen LogP contribution >= 0.6 is 22.9 Å². The summed E-state index contributed by atoms with van der Waals surface area (Å²) < 4.78 is 7.44. The zero-order chi connectivity index (χ0) is 18.1. The van der Waals surface area contributed by atoms with E-state index in [4.69, 9.17) is 16.3 Å². The number of fused-ring (bicyclic) bond motifs is 1. The number of ether oxygens (including phenoxy) is 1. The van der Waals surface area contributed by atoms with Crippen LogP contribution in [0.25, 0.3) is 16.2 Å². The molecule has 0 bridgehead atoms. The molecule has 0 saturated heterocycles. The lowest BCUT2D eigenvalue weighted by molar-refractivity contribution is 0.299. The lowest BCUT2D eigenvalue weighted by atomic mass is 10.2. The molecule has 0 atom stereocenters. The van der Waals surface area contributed by atoms with Crippen molar-refractivity contribution in [1.82, 2.24) is 9.38 Å². The third-order valence-corrected chi connectivity index (χ3v) is 5.10. The number of rotatable bonds is 4. The third kappa shape index (κ3) is 3.23. The van der Waals surface area contributed by atoms with E-state index in [1.807, 2.05) is 54.8 Å². The summed E-state index contributed by atoms with van der Waals surface area (Å²) >= 11 is 7.41. The second-order valence-electron chi connectivity index (χ2n) is 5.89. The Morgan fingerprint density at radius 3 is 2.73 bits per heavy atom. The SMILES string of the molecule is Cc1cc(Cl)ccc1OCc1cc(=O)n2c(-c3ccccc3)csc2n1. The second-order valence-corrected chi connectivity index (χ2v) is 7.16. The first-order valence-corrected chi connectivity index (χ1v) is 9.32. The zero-order valence-corrected chi connectivity index (χ0v) is 15.6. The molecule has 2 aromatic carbocycles. The standard InChI is InChI=1S/C20H15ClN2O2S/c1-13-9-15(21)7-8-18(13)25-11-16-10-19(24)23-17(12-26-20(23)22-16)14-5-3-2-4-6-14/h2-10,12H,11H2,1H3. The fraction of sp³-hybridized carbons (Fsp3) is 0.100. The summed E-state index contributed by atoms with van der Waals surface area (Å²) in [5, 5.41) is 2.62. The first-order chi connectivity index (χ1) is 12.6. The topological polar surface area (TPSA) is 43.6 Å². The highest BCUT2D eigenvalue weighted by Gasteiger charge is 2.11. The number of nitrogens with zero attached hydrogens (tertiary/aromatic N) is 2. The molecule has 6 heteroatoms. The minimum atomic E-state index is -0.110. The van der Waals surface area contributed by atoms with Gasteiger partial charge >= 0.3 is 0 Å². The number of halogens is 1. The summed E-state index contributed by atoms with van der Waals surface area (Å²) in [5.74, 6) is 0.729. The number of thiazole rings is 1. The van der Waals surface area contributed by atoms with Crippen LogP contribution in [0.3, 0.4) is 0 Å². The molecule has 2 heterocycles. The van der Waals surface area contributed by atoms with E-state index in [0.717, 1.165) is 22.6 Å². The van der Waals surface area contributed by atoms with Crippen LogP contribution in [0.1, 0.15) is 11.3 Å². The average molecular weight is 383 g/mol. The minimum Gasteiger partial charge on any atom is -0.487 e. The fourth-order valence-electron chi connectivity index (χ4n) is 2.77. The predicted octanol–water partition coefficient (Wildman–Crippen LogP) is 4.96. The quantitative estimate of drug-likeness (QED) is 0.500. The predicted molar refractivity (Wildman–Crippen MR) is 105 cm³/mol. The first-order valence-electron chi connectivity index (χ1n) is 8.06. The Hall–Kier alpha value is -2.63. The Balaban J connectivity index is 1.65. The van der Waals surface area contributed by atoms with Crippen LogP contribution in [0.5, 0.6) is 5.75 Å². The number of aromatic nitrogens is 2. The maximum atomic E-state index is 12.6. The van der Waals surface area contributed by atoms with Crippen molar-refractivity contribution in [3.8, 4) is 17.0 Å². The molecular formula is C20H15ClN2O2S. The van der Waals surface area contributed by atoms with Crippen LogP contribution in [0.2, 0.25) is 5.02 Å². The summed E-state index contributed by atoms with van der Waals surface area (Å²) in [5.41, 5.74) is 3.28. The molecule has 4 aromatic rings. The van der Waals surface area contributed by atoms with Crippen molar-refractivity contribution >= 4 is 27.9 Å². The summed E-state index contributed by atoms with van der Waals surface area (Å²) in [4.78, 5) is 17.9. The van der Waals surface area contributed by atoms with Crippen LogP contribution < -0.4 is 10.3 Å². The van der Waals surface area contributed by atoms with Crippen molar-refractivity contribution in [3.63, 3.8) is 0 Å². The molecule has 0 N–H and O–H groups in total. The van der Waals surface area contributed by atoms with Crippen molar-refractivity contribution in [2.24, 2.45) is 0 Å². The maximum Gasteiger partial charge on any atom is 0.259 e. The Morgan fingerprint density at radius 2 is 1.96 bits per heavy atom. The molecular weight excluding hydrogens is 368 g/mol. The largest absolute Gasteiger partial charge is 0.487 e. The van der Waals surface area contributed by atoms with Crippen molar-refractivity contribution < 1.29 is 4.74 Å². The van der Waals surface area contributed by atoms with Gasteiger partial charge in [0.2, 0.25) is 0 Å². The van der Waals surface area contributed by atoms with Crippen LogP contribution in [0, 0.1) is 6.92 Å². The Kier molecular flexibility index (Phi) is 4.49. The lowest BCUT2D eigenvalue weighted by Gasteiger charge is -2.09. The smallest absolute Gasteiger partial charge is 0.259 e. The molecule has 0 aliphatic rings. The average Bonchev–Trinajstić information content (AvgIpc) is 3.06. The first kappa shape index (κ1) is 16.8. The van der Waals surface area contributed by atoms with Gasteiger partial charge in [0.05, 0.1) is 11.4 Å². The highest BCUT2D eigenvalue weighted by Crippen LogP contribution is 2.25. The minimum absolute atomic E-state index is 0.110. The number of aryl methyl sites for hydroxylation is 1. The van der Waals surface area contributed by atoms with Crippen LogP contribution in [-0.4, -0.2) is 9.38 Å². The summed E-state index contributed by atoms with van der Waals surface area (Å²) in [6.45, 7) is 2.16. The molecule has 0 spiro atoms. The van der Waals surface area contributed by atoms with Gasteiger partial charge in [-0.05, 0) is 36.2 Å². The Labute approximate surface area is 159 Å². The number of hydrogen-bond donors (Lipinski definition) is 0. The molecule has 130 valence electrons. The highest BCUT2D eigenvalue weighted by molar-refractivity contribution is 7.15. The van der Waals surface area contributed by atoms with E-state index in [2.05, 4.69) is 4.98 Å². The van der Waals surface area contributed by atoms with E-state index in [1.54, 1.807) is 10.5 Å². The molecule has 4 nitrogen and oxygen atoms in total. The van der Waals surface area contributed by atoms with Gasteiger partial charge in [0, 0.05) is 16.5 Å². The van der Waals surface area contributed by atoms with E-state index in [1.165, 1.54) is 17.4 Å². The van der Waals surface area contributed by atoms with Gasteiger partial charge in [-0.25, -0.2) is 4.98 Å². The van der Waals surface area contributed by atoms with Gasteiger partial charge in [0.15, 0.2) is 4.96 Å². The van der Waals surface area contributed by atoms with Crippen molar-refractivity contribution in [2.75, 3.05) is 0 Å². The highest BCUT2D eigenvalue weighted by atomic mass is 35.5. The fourth-order valence-corrected chi connectivity index (χ4v) is 3.92. The van der Waals surface area contributed by atoms with E-state index in [-0.39, 0.29) is 12.2 Å². The van der Waals surface area contributed by atoms with Gasteiger partial charge in [-0.2, -0.15) is 0 Å². The molecule has 0 unspecified atom stereocenters. The summed E-state index contributed by atoms with van der Waals surface area (Å²) in [6, 6.07) is 16.8. The molecule has 0 aliphatic carbocycles. The second kappa shape index (κ2) is 6.94. The molecule has 0 aliphatic heterocycles. The Morgan fingerprint density at radius 1 is 1.15 bits per heavy atom. The van der Waals surface area contributed by atoms with Gasteiger partial charge in [0.25, 0.3) is 5.56 Å². The van der Waals surface area contributed by atoms with Crippen molar-refractivity contribution in [3.05, 3.63) is 86.6 Å². The maximum absolute atomic E-state index is 12.6. The van der Waals surface area contributed by atoms with Gasteiger partial charge in [-0.15, -0.1) is 11.3 Å². The van der Waals surface area contributed by atoms with Crippen LogP contribution in [-0.2, 0) is 6.61 Å². The number of hydrogen-bond acceptors (Lipinski definition) is 4. The van der Waals surface area contributed by atoms with Crippen LogP contribution in [0.4, 0.5) is 0 Å². The van der Waals surface area contributed by atoms with Gasteiger partial charge in [-0.1, -0.05) is 41.9 Å². The molecule has 4 rings (SSSR count). The molecule has 26 heavy (non-hydrogen) atoms. The normalized spacial score (nSPS) is 11.0. The van der Waals surface area contributed by atoms with E-state index in [9.17, 15) is 4.79 Å². The van der Waals surface area contributed by atoms with E-state index >= 15 is 0 Å². The third-order valence-electron chi connectivity index (χ3n) is 4.04. The molecule has 2 aromatic heterocycles. The summed E-state index contributed by atoms with van der Waals surface area (Å²) in [6.07, 6.45) is 0. The van der Waals surface area contributed by atoms with Crippen LogP contribution in [0.15, 0.2) is 64.8 Å². The molecule has 0 fully saturated rings. The molecule has 0 saturated carbocycles. The number of benzene rings is 2. The monoisotopic (exact) mass is 382 g/mol. The molecule has 0 amide bonds. The van der Waals surface area contributed by atoms with Gasteiger partial charge in [0.1, 0.15) is 12.4 Å². The lowest BCUT2D eigenvalue weighted by Crippen LogP contribution is -2.16. The van der Waals surface area contributed by atoms with E-state index < -0.39 is 0 Å². The zero-order valence-electron chi connectivity index (χ0n) is 14.0. The molecule has 0 radical (unpaired) electrons. The Bertz CT molecular complexity index is 1140.